The van der Waals surface area contributed by atoms with Crippen LogP contribution in [0.5, 0.6) is 0 Å². The molecule has 1 atom stereocenters. The molecule has 1 amide bonds. The molecule has 1 aliphatic rings. The van der Waals surface area contributed by atoms with Crippen molar-refractivity contribution in [3.63, 3.8) is 0 Å². The Hall–Kier alpha value is -2.63. The number of aromatic nitrogens is 2. The topological polar surface area (TPSA) is 64.2 Å². The van der Waals surface area contributed by atoms with Crippen LogP contribution in [0.25, 0.3) is 16.9 Å². The first-order valence-electron chi connectivity index (χ1n) is 10.3. The molecule has 3 aromatic rings. The van der Waals surface area contributed by atoms with Crippen molar-refractivity contribution in [2.45, 2.75) is 26.7 Å². The SMILES string of the molecule is CCc1ccc(-c2nn(-c3ccccc3C)cc2C(=O)N2CCC(CN)C2)cc1.Cl. The Kier molecular flexibility index (Phi) is 6.95. The molecule has 1 unspecified atom stereocenters. The molecule has 0 bridgehead atoms. The zero-order valence-electron chi connectivity index (χ0n) is 17.5. The molecular formula is C24H29ClN4O. The van der Waals surface area contributed by atoms with Gasteiger partial charge in [-0.3, -0.25) is 4.79 Å². The van der Waals surface area contributed by atoms with E-state index in [-0.39, 0.29) is 18.3 Å². The highest BCUT2D eigenvalue weighted by Gasteiger charge is 2.29. The molecule has 5 nitrogen and oxygen atoms in total. The lowest BCUT2D eigenvalue weighted by molar-refractivity contribution is 0.0788. The molecule has 0 spiro atoms. The van der Waals surface area contributed by atoms with Crippen molar-refractivity contribution >= 4 is 18.3 Å². The van der Waals surface area contributed by atoms with Crippen LogP contribution in [0.2, 0.25) is 0 Å². The third-order valence-electron chi connectivity index (χ3n) is 5.85. The summed E-state index contributed by atoms with van der Waals surface area (Å²) in [5.41, 5.74) is 11.5. The number of rotatable bonds is 5. The van der Waals surface area contributed by atoms with E-state index in [1.54, 1.807) is 0 Å². The van der Waals surface area contributed by atoms with Crippen molar-refractivity contribution in [3.8, 4) is 16.9 Å². The van der Waals surface area contributed by atoms with E-state index >= 15 is 0 Å². The number of amides is 1. The van der Waals surface area contributed by atoms with Crippen LogP contribution in [0.4, 0.5) is 0 Å². The maximum atomic E-state index is 13.4. The summed E-state index contributed by atoms with van der Waals surface area (Å²) < 4.78 is 1.84. The van der Waals surface area contributed by atoms with Gasteiger partial charge in [0.25, 0.3) is 5.91 Å². The second-order valence-corrected chi connectivity index (χ2v) is 7.81. The van der Waals surface area contributed by atoms with Crippen LogP contribution in [-0.2, 0) is 6.42 Å². The Morgan fingerprint density at radius 1 is 1.17 bits per heavy atom. The Balaban J connectivity index is 0.00000256. The first-order chi connectivity index (χ1) is 14.1. The van der Waals surface area contributed by atoms with Crippen LogP contribution in [-0.4, -0.2) is 40.2 Å². The Morgan fingerprint density at radius 3 is 2.53 bits per heavy atom. The molecule has 0 saturated carbocycles. The second-order valence-electron chi connectivity index (χ2n) is 7.81. The maximum absolute atomic E-state index is 13.4. The molecule has 0 aliphatic carbocycles. The first-order valence-corrected chi connectivity index (χ1v) is 10.3. The van der Waals surface area contributed by atoms with Gasteiger partial charge >= 0.3 is 0 Å². The van der Waals surface area contributed by atoms with E-state index in [1.165, 1.54) is 5.56 Å². The van der Waals surface area contributed by atoms with Gasteiger partial charge < -0.3 is 10.6 Å². The average molecular weight is 425 g/mol. The lowest BCUT2D eigenvalue weighted by Gasteiger charge is -2.16. The van der Waals surface area contributed by atoms with Crippen LogP contribution < -0.4 is 5.73 Å². The smallest absolute Gasteiger partial charge is 0.257 e. The highest BCUT2D eigenvalue weighted by molar-refractivity contribution is 6.00. The van der Waals surface area contributed by atoms with Crippen LogP contribution in [0.15, 0.2) is 54.7 Å². The van der Waals surface area contributed by atoms with Crippen LogP contribution >= 0.6 is 12.4 Å². The fourth-order valence-corrected chi connectivity index (χ4v) is 3.97. The van der Waals surface area contributed by atoms with Crippen molar-refractivity contribution in [1.29, 1.82) is 0 Å². The molecular weight excluding hydrogens is 396 g/mol. The fraction of sp³-hybridized carbons (Fsp3) is 0.333. The van der Waals surface area contributed by atoms with Gasteiger partial charge in [-0.05, 0) is 49.4 Å². The summed E-state index contributed by atoms with van der Waals surface area (Å²) in [7, 11) is 0. The fourth-order valence-electron chi connectivity index (χ4n) is 3.97. The minimum absolute atomic E-state index is 0. The number of benzene rings is 2. The molecule has 158 valence electrons. The Bertz CT molecular complexity index is 1010. The van der Waals surface area contributed by atoms with Gasteiger partial charge in [0, 0.05) is 24.8 Å². The standard InChI is InChI=1S/C24H28N4O.ClH/c1-3-18-8-10-20(11-9-18)23-21(24(29)27-13-12-19(14-25)15-27)16-28(26-23)22-7-5-4-6-17(22)2;/h4-11,16,19H,3,12-15,25H2,1-2H3;1H. The molecule has 2 aromatic carbocycles. The van der Waals surface area contributed by atoms with E-state index in [2.05, 4.69) is 44.2 Å². The van der Waals surface area contributed by atoms with Gasteiger partial charge in [-0.25, -0.2) is 4.68 Å². The van der Waals surface area contributed by atoms with Crippen LogP contribution in [0, 0.1) is 12.8 Å². The Morgan fingerprint density at radius 2 is 1.90 bits per heavy atom. The number of hydrogen-bond acceptors (Lipinski definition) is 3. The van der Waals surface area contributed by atoms with Crippen molar-refractivity contribution in [2.24, 2.45) is 11.7 Å². The van der Waals surface area contributed by atoms with Gasteiger partial charge in [-0.2, -0.15) is 5.10 Å². The van der Waals surface area contributed by atoms with Gasteiger partial charge in [0.05, 0.1) is 11.3 Å². The predicted molar refractivity (Wildman–Crippen MR) is 123 cm³/mol. The molecule has 1 aliphatic heterocycles. The third kappa shape index (κ3) is 4.27. The molecule has 1 saturated heterocycles. The minimum atomic E-state index is 0. The monoisotopic (exact) mass is 424 g/mol. The van der Waals surface area contributed by atoms with E-state index < -0.39 is 0 Å². The van der Waals surface area contributed by atoms with E-state index in [0.717, 1.165) is 48.4 Å². The number of nitrogens with two attached hydrogens (primary N) is 1. The lowest BCUT2D eigenvalue weighted by Crippen LogP contribution is -2.30. The molecule has 30 heavy (non-hydrogen) atoms. The van der Waals surface area contributed by atoms with Crippen LogP contribution in [0.1, 0.15) is 34.8 Å². The van der Waals surface area contributed by atoms with E-state index in [4.69, 9.17) is 10.8 Å². The maximum Gasteiger partial charge on any atom is 0.257 e. The van der Waals surface area contributed by atoms with E-state index in [0.29, 0.717) is 18.0 Å². The largest absolute Gasteiger partial charge is 0.338 e. The Labute approximate surface area is 184 Å². The zero-order chi connectivity index (χ0) is 20.4. The molecule has 0 radical (unpaired) electrons. The molecule has 2 N–H and O–H groups in total. The van der Waals surface area contributed by atoms with Crippen molar-refractivity contribution in [1.82, 2.24) is 14.7 Å². The molecule has 6 heteroatoms. The number of aryl methyl sites for hydroxylation is 2. The van der Waals surface area contributed by atoms with Crippen molar-refractivity contribution in [3.05, 3.63) is 71.4 Å². The van der Waals surface area contributed by atoms with Gasteiger partial charge in [0.2, 0.25) is 0 Å². The number of carbonyl (C=O) groups excluding carboxylic acids is 1. The average Bonchev–Trinajstić information content (AvgIpc) is 3.41. The second kappa shape index (κ2) is 9.45. The third-order valence-corrected chi connectivity index (χ3v) is 5.85. The zero-order valence-corrected chi connectivity index (χ0v) is 18.4. The van der Waals surface area contributed by atoms with E-state index in [9.17, 15) is 4.79 Å². The quantitative estimate of drug-likeness (QED) is 0.665. The van der Waals surface area contributed by atoms with Crippen LogP contribution in [0.3, 0.4) is 0 Å². The number of carbonyl (C=O) groups is 1. The van der Waals surface area contributed by atoms with Gasteiger partial charge in [-0.15, -0.1) is 12.4 Å². The van der Waals surface area contributed by atoms with Crippen molar-refractivity contribution in [2.75, 3.05) is 19.6 Å². The number of likely N-dealkylation sites (tertiary alicyclic amines) is 1. The van der Waals surface area contributed by atoms with E-state index in [1.807, 2.05) is 34.0 Å². The predicted octanol–water partition coefficient (Wildman–Crippen LogP) is 4.25. The number of hydrogen-bond donors (Lipinski definition) is 1. The minimum Gasteiger partial charge on any atom is -0.338 e. The molecule has 1 fully saturated rings. The first kappa shape index (κ1) is 22.1. The van der Waals surface area contributed by atoms with Gasteiger partial charge in [0.1, 0.15) is 5.69 Å². The van der Waals surface area contributed by atoms with Gasteiger partial charge in [-0.1, -0.05) is 49.4 Å². The highest BCUT2D eigenvalue weighted by Crippen LogP contribution is 2.28. The molecule has 1 aromatic heterocycles. The summed E-state index contributed by atoms with van der Waals surface area (Å²) in [4.78, 5) is 15.3. The normalized spacial score (nSPS) is 15.8. The summed E-state index contributed by atoms with van der Waals surface area (Å²) in [6.07, 6.45) is 3.83. The summed E-state index contributed by atoms with van der Waals surface area (Å²) in [5, 5.41) is 4.84. The summed E-state index contributed by atoms with van der Waals surface area (Å²) >= 11 is 0. The summed E-state index contributed by atoms with van der Waals surface area (Å²) in [5.74, 6) is 0.424. The van der Waals surface area contributed by atoms with Gasteiger partial charge in [0.15, 0.2) is 0 Å². The number of para-hydroxylation sites is 1. The molecule has 4 rings (SSSR count). The highest BCUT2D eigenvalue weighted by atomic mass is 35.5. The molecule has 2 heterocycles. The number of nitrogens with zero attached hydrogens (tertiary/aromatic N) is 3. The van der Waals surface area contributed by atoms with Crippen molar-refractivity contribution < 1.29 is 4.79 Å². The number of halogens is 1. The lowest BCUT2D eigenvalue weighted by atomic mass is 10.0. The summed E-state index contributed by atoms with van der Waals surface area (Å²) in [6.45, 7) is 6.29. The summed E-state index contributed by atoms with van der Waals surface area (Å²) in [6, 6.07) is 16.4.